The zero-order chi connectivity index (χ0) is 16.2. The van der Waals surface area contributed by atoms with Gasteiger partial charge in [0.2, 0.25) is 10.0 Å². The van der Waals surface area contributed by atoms with Crippen LogP contribution in [0, 0.1) is 12.8 Å². The maximum atomic E-state index is 12.2. The third-order valence-electron chi connectivity index (χ3n) is 5.99. The van der Waals surface area contributed by atoms with Gasteiger partial charge >= 0.3 is 0 Å². The van der Waals surface area contributed by atoms with Crippen LogP contribution >= 0.6 is 0 Å². The number of nitrogens with zero attached hydrogens (tertiary/aromatic N) is 2. The van der Waals surface area contributed by atoms with E-state index in [1.54, 1.807) is 4.31 Å². The third-order valence-corrected chi connectivity index (χ3v) is 7.30. The van der Waals surface area contributed by atoms with Crippen molar-refractivity contribution in [2.24, 2.45) is 5.92 Å². The lowest BCUT2D eigenvalue weighted by atomic mass is 9.77. The first-order chi connectivity index (χ1) is 10.9. The molecular weight excluding hydrogens is 308 g/mol. The predicted octanol–water partition coefficient (Wildman–Crippen LogP) is 2.34. The molecule has 1 aromatic rings. The highest BCUT2D eigenvalue weighted by Gasteiger charge is 2.44. The van der Waals surface area contributed by atoms with E-state index in [2.05, 4.69) is 30.0 Å². The molecule has 3 aliphatic heterocycles. The van der Waals surface area contributed by atoms with Crippen LogP contribution < -0.4 is 0 Å². The van der Waals surface area contributed by atoms with Crippen LogP contribution in [0.4, 0.5) is 0 Å². The van der Waals surface area contributed by atoms with E-state index in [1.165, 1.54) is 29.4 Å². The fraction of sp³-hybridized carbons (Fsp3) is 0.667. The van der Waals surface area contributed by atoms with Crippen molar-refractivity contribution in [1.29, 1.82) is 0 Å². The van der Waals surface area contributed by atoms with Gasteiger partial charge in [0.25, 0.3) is 0 Å². The van der Waals surface area contributed by atoms with Crippen molar-refractivity contribution in [2.45, 2.75) is 44.7 Å². The van der Waals surface area contributed by atoms with E-state index in [1.807, 2.05) is 0 Å². The van der Waals surface area contributed by atoms with Gasteiger partial charge in [0.15, 0.2) is 0 Å². The second-order valence-electron chi connectivity index (χ2n) is 7.54. The summed E-state index contributed by atoms with van der Waals surface area (Å²) in [5.74, 6) is 0.502. The summed E-state index contributed by atoms with van der Waals surface area (Å²) in [4.78, 5) is 2.60. The molecule has 0 aromatic heterocycles. The number of hydrogen-bond acceptors (Lipinski definition) is 3. The van der Waals surface area contributed by atoms with Gasteiger partial charge in [0.05, 0.1) is 6.26 Å². The molecule has 0 radical (unpaired) electrons. The van der Waals surface area contributed by atoms with Crippen molar-refractivity contribution in [2.75, 3.05) is 25.9 Å². The molecule has 0 saturated carbocycles. The lowest BCUT2D eigenvalue weighted by molar-refractivity contribution is 0.0222. The number of aryl methyl sites for hydroxylation is 1. The minimum absolute atomic E-state index is 0.187. The molecule has 3 atom stereocenters. The van der Waals surface area contributed by atoms with Crippen LogP contribution in [0.25, 0.3) is 0 Å². The highest BCUT2D eigenvalue weighted by Crippen LogP contribution is 2.43. The summed E-state index contributed by atoms with van der Waals surface area (Å²) in [5, 5.41) is 0. The Bertz CT molecular complexity index is 716. The molecule has 2 fully saturated rings. The molecule has 4 rings (SSSR count). The molecule has 126 valence electrons. The molecule has 0 N–H and O–H groups in total. The SMILES string of the molecule is Cc1ccc2c(c1)CCN1C[C@H]3CCCN(S(C)(=O)=O)[C@H]3C[C@@H]21. The molecular formula is C18H26N2O2S. The Morgan fingerprint density at radius 2 is 2.04 bits per heavy atom. The van der Waals surface area contributed by atoms with Gasteiger partial charge in [0.1, 0.15) is 0 Å². The largest absolute Gasteiger partial charge is 0.296 e. The van der Waals surface area contributed by atoms with Crippen LogP contribution in [0.5, 0.6) is 0 Å². The van der Waals surface area contributed by atoms with E-state index in [0.29, 0.717) is 18.5 Å². The number of piperidine rings is 2. The standard InChI is InChI=1S/C18H26N2O2S/c1-13-5-6-16-14(10-13)7-9-19-12-15-4-3-8-20(23(2,21)22)17(15)11-18(16)19/h5-6,10,15,17-18H,3-4,7-9,11-12H2,1-2H3/t15-,17+,18+/m1/s1. The van der Waals surface area contributed by atoms with Gasteiger partial charge in [-0.25, -0.2) is 8.42 Å². The van der Waals surface area contributed by atoms with Crippen molar-refractivity contribution >= 4 is 10.0 Å². The summed E-state index contributed by atoms with van der Waals surface area (Å²) in [5.41, 5.74) is 4.21. The number of benzene rings is 1. The van der Waals surface area contributed by atoms with E-state index < -0.39 is 10.0 Å². The monoisotopic (exact) mass is 334 g/mol. The zero-order valence-electron chi connectivity index (χ0n) is 14.0. The van der Waals surface area contributed by atoms with Crippen LogP contribution in [0.15, 0.2) is 18.2 Å². The van der Waals surface area contributed by atoms with E-state index in [9.17, 15) is 8.42 Å². The van der Waals surface area contributed by atoms with Crippen molar-refractivity contribution in [3.63, 3.8) is 0 Å². The van der Waals surface area contributed by atoms with Crippen LogP contribution in [-0.4, -0.2) is 49.6 Å². The maximum Gasteiger partial charge on any atom is 0.211 e. The average Bonchev–Trinajstić information content (AvgIpc) is 2.51. The lowest BCUT2D eigenvalue weighted by Gasteiger charge is -2.51. The normalized spacial score (nSPS) is 32.0. The predicted molar refractivity (Wildman–Crippen MR) is 91.9 cm³/mol. The van der Waals surface area contributed by atoms with Crippen LogP contribution in [-0.2, 0) is 16.4 Å². The fourth-order valence-electron chi connectivity index (χ4n) is 4.95. The van der Waals surface area contributed by atoms with E-state index in [0.717, 1.165) is 32.4 Å². The maximum absolute atomic E-state index is 12.2. The average molecular weight is 334 g/mol. The molecule has 5 heteroatoms. The van der Waals surface area contributed by atoms with Gasteiger partial charge in [-0.3, -0.25) is 4.90 Å². The van der Waals surface area contributed by atoms with Crippen molar-refractivity contribution in [3.8, 4) is 0 Å². The Hall–Kier alpha value is -0.910. The molecule has 3 heterocycles. The minimum Gasteiger partial charge on any atom is -0.296 e. The molecule has 2 saturated heterocycles. The Morgan fingerprint density at radius 3 is 2.83 bits per heavy atom. The Morgan fingerprint density at radius 1 is 1.22 bits per heavy atom. The summed E-state index contributed by atoms with van der Waals surface area (Å²) < 4.78 is 26.2. The molecule has 0 aliphatic carbocycles. The van der Waals surface area contributed by atoms with Gasteiger partial charge < -0.3 is 0 Å². The minimum atomic E-state index is -3.10. The fourth-order valence-corrected chi connectivity index (χ4v) is 6.17. The quantitative estimate of drug-likeness (QED) is 0.791. The Kier molecular flexibility index (Phi) is 3.78. The number of sulfonamides is 1. The highest BCUT2D eigenvalue weighted by atomic mass is 32.2. The summed E-state index contributed by atoms with van der Waals surface area (Å²) in [6.07, 6.45) is 5.62. The van der Waals surface area contributed by atoms with Gasteiger partial charge in [-0.1, -0.05) is 23.8 Å². The first-order valence-electron chi connectivity index (χ1n) is 8.74. The molecule has 0 unspecified atom stereocenters. The smallest absolute Gasteiger partial charge is 0.211 e. The molecule has 1 aromatic carbocycles. The summed E-state index contributed by atoms with van der Waals surface area (Å²) in [6.45, 7) is 5.02. The molecule has 3 aliphatic rings. The number of fused-ring (bicyclic) bond motifs is 4. The van der Waals surface area contributed by atoms with Crippen molar-refractivity contribution in [3.05, 3.63) is 34.9 Å². The van der Waals surface area contributed by atoms with Crippen LogP contribution in [0.3, 0.4) is 0 Å². The van der Waals surface area contributed by atoms with Crippen molar-refractivity contribution in [1.82, 2.24) is 9.21 Å². The van der Waals surface area contributed by atoms with Gasteiger partial charge in [-0.05, 0) is 49.7 Å². The van der Waals surface area contributed by atoms with Gasteiger partial charge in [-0.15, -0.1) is 0 Å². The lowest BCUT2D eigenvalue weighted by Crippen LogP contribution is -2.57. The van der Waals surface area contributed by atoms with E-state index in [4.69, 9.17) is 0 Å². The van der Waals surface area contributed by atoms with Gasteiger partial charge in [0, 0.05) is 31.7 Å². The summed E-state index contributed by atoms with van der Waals surface area (Å²) in [6, 6.07) is 7.36. The summed E-state index contributed by atoms with van der Waals surface area (Å²) >= 11 is 0. The Labute approximate surface area is 139 Å². The zero-order valence-corrected chi connectivity index (χ0v) is 14.8. The van der Waals surface area contributed by atoms with E-state index >= 15 is 0 Å². The topological polar surface area (TPSA) is 40.6 Å². The number of rotatable bonds is 1. The molecule has 0 amide bonds. The van der Waals surface area contributed by atoms with Crippen molar-refractivity contribution < 1.29 is 8.42 Å². The first kappa shape index (κ1) is 15.6. The molecule has 23 heavy (non-hydrogen) atoms. The summed E-state index contributed by atoms with van der Waals surface area (Å²) in [7, 11) is -3.10. The van der Waals surface area contributed by atoms with Gasteiger partial charge in [-0.2, -0.15) is 4.31 Å². The van der Waals surface area contributed by atoms with E-state index in [-0.39, 0.29) is 6.04 Å². The molecule has 4 nitrogen and oxygen atoms in total. The second-order valence-corrected chi connectivity index (χ2v) is 9.48. The van der Waals surface area contributed by atoms with Crippen LogP contribution in [0.2, 0.25) is 0 Å². The molecule has 0 bridgehead atoms. The molecule has 0 spiro atoms. The van der Waals surface area contributed by atoms with Crippen LogP contribution in [0.1, 0.15) is 42.0 Å². The Balaban J connectivity index is 1.68. The first-order valence-corrected chi connectivity index (χ1v) is 10.6. The third kappa shape index (κ3) is 2.73. The second kappa shape index (κ2) is 5.57. The number of hydrogen-bond donors (Lipinski definition) is 0. The highest BCUT2D eigenvalue weighted by molar-refractivity contribution is 7.88.